The molecule has 10 heavy (non-hydrogen) atoms. The Kier molecular flexibility index (Phi) is 1.85. The van der Waals surface area contributed by atoms with Gasteiger partial charge in [-0.05, 0) is 19.1 Å². The van der Waals surface area contributed by atoms with Gasteiger partial charge in [0, 0.05) is 5.69 Å². The summed E-state index contributed by atoms with van der Waals surface area (Å²) < 4.78 is 17.3. The van der Waals surface area contributed by atoms with E-state index >= 15 is 0 Å². The molecule has 1 rings (SSSR count). The van der Waals surface area contributed by atoms with E-state index in [1.54, 1.807) is 19.1 Å². The van der Waals surface area contributed by atoms with E-state index in [4.69, 9.17) is 0 Å². The minimum Gasteiger partial charge on any atom is -0.492 e. The van der Waals surface area contributed by atoms with Crippen LogP contribution in [0.15, 0.2) is 12.1 Å². The third-order valence-electron chi connectivity index (χ3n) is 1.17. The Labute approximate surface area is 58.7 Å². The number of halogens is 1. The number of pyridine rings is 1. The highest BCUT2D eigenvalue weighted by Gasteiger charge is 2.00. The van der Waals surface area contributed by atoms with Crippen LogP contribution in [0.4, 0.5) is 4.39 Å². The monoisotopic (exact) mass is 141 g/mol. The average molecular weight is 141 g/mol. The molecule has 1 aromatic heterocycles. The van der Waals surface area contributed by atoms with E-state index in [1.807, 2.05) is 0 Å². The van der Waals surface area contributed by atoms with Gasteiger partial charge in [0.25, 0.3) is 5.95 Å². The molecule has 0 atom stereocenters. The Morgan fingerprint density at radius 3 is 2.70 bits per heavy atom. The van der Waals surface area contributed by atoms with Crippen molar-refractivity contribution in [1.82, 2.24) is 4.98 Å². The maximum atomic E-state index is 12.6. The normalized spacial score (nSPS) is 9.50. The van der Waals surface area contributed by atoms with Crippen LogP contribution in [-0.4, -0.2) is 12.1 Å². The molecule has 2 nitrogen and oxygen atoms in total. The number of aryl methyl sites for hydroxylation is 1. The largest absolute Gasteiger partial charge is 0.492 e. The van der Waals surface area contributed by atoms with Crippen molar-refractivity contribution in [3.63, 3.8) is 0 Å². The molecule has 0 aliphatic rings. The van der Waals surface area contributed by atoms with E-state index in [-0.39, 0.29) is 5.75 Å². The number of hydrogen-bond acceptors (Lipinski definition) is 2. The van der Waals surface area contributed by atoms with Crippen molar-refractivity contribution in [1.29, 1.82) is 0 Å². The molecule has 0 saturated heterocycles. The van der Waals surface area contributed by atoms with Crippen molar-refractivity contribution in [2.75, 3.05) is 7.11 Å². The summed E-state index contributed by atoms with van der Waals surface area (Å²) in [5.41, 5.74) is 0.651. The van der Waals surface area contributed by atoms with Gasteiger partial charge in [0.1, 0.15) is 0 Å². The lowest BCUT2D eigenvalue weighted by molar-refractivity contribution is 0.377. The average Bonchev–Trinajstić information content (AvgIpc) is 1.88. The van der Waals surface area contributed by atoms with E-state index in [2.05, 4.69) is 9.72 Å². The van der Waals surface area contributed by atoms with E-state index in [0.29, 0.717) is 5.69 Å². The summed E-state index contributed by atoms with van der Waals surface area (Å²) in [5.74, 6) is -0.367. The van der Waals surface area contributed by atoms with E-state index in [1.165, 1.54) is 7.11 Å². The lowest BCUT2D eigenvalue weighted by atomic mass is 10.4. The summed E-state index contributed by atoms with van der Waals surface area (Å²) in [6.07, 6.45) is 0. The predicted octanol–water partition coefficient (Wildman–Crippen LogP) is 1.54. The van der Waals surface area contributed by atoms with Gasteiger partial charge < -0.3 is 4.74 Å². The van der Waals surface area contributed by atoms with Gasteiger partial charge in [0.2, 0.25) is 0 Å². The van der Waals surface area contributed by atoms with E-state index in [9.17, 15) is 4.39 Å². The number of rotatable bonds is 1. The molecular weight excluding hydrogens is 133 g/mol. The molecule has 0 aliphatic heterocycles. The lowest BCUT2D eigenvalue weighted by Gasteiger charge is -1.99. The van der Waals surface area contributed by atoms with Gasteiger partial charge in [-0.3, -0.25) is 0 Å². The quantitative estimate of drug-likeness (QED) is 0.553. The molecule has 0 fully saturated rings. The first-order valence-electron chi connectivity index (χ1n) is 2.91. The Balaban J connectivity index is 3.07. The first-order chi connectivity index (χ1) is 4.74. The molecule has 1 aromatic rings. The van der Waals surface area contributed by atoms with Gasteiger partial charge >= 0.3 is 0 Å². The number of nitrogens with zero attached hydrogens (tertiary/aromatic N) is 1. The van der Waals surface area contributed by atoms with Crippen LogP contribution in [0.1, 0.15) is 5.69 Å². The van der Waals surface area contributed by atoms with Crippen LogP contribution in [0, 0.1) is 12.9 Å². The summed E-state index contributed by atoms with van der Waals surface area (Å²) in [5, 5.41) is 0. The van der Waals surface area contributed by atoms with E-state index in [0.717, 1.165) is 0 Å². The van der Waals surface area contributed by atoms with Crippen LogP contribution in [0.2, 0.25) is 0 Å². The molecule has 0 amide bonds. The molecule has 0 bridgehead atoms. The number of aromatic nitrogens is 1. The molecule has 0 aromatic carbocycles. The highest BCUT2D eigenvalue weighted by atomic mass is 19.1. The van der Waals surface area contributed by atoms with Crippen molar-refractivity contribution < 1.29 is 9.13 Å². The smallest absolute Gasteiger partial charge is 0.255 e. The zero-order valence-corrected chi connectivity index (χ0v) is 5.89. The molecule has 0 aliphatic carbocycles. The zero-order valence-electron chi connectivity index (χ0n) is 5.89. The molecule has 0 N–H and O–H groups in total. The SMILES string of the molecule is COc1ccc(C)nc1F. The minimum absolute atomic E-state index is 0.186. The first-order valence-corrected chi connectivity index (χ1v) is 2.91. The number of methoxy groups -OCH3 is 1. The van der Waals surface area contributed by atoms with Crippen LogP contribution in [0.25, 0.3) is 0 Å². The molecule has 1 heterocycles. The standard InChI is InChI=1S/C7H8FNO/c1-5-3-4-6(10-2)7(8)9-5/h3-4H,1-2H3. The van der Waals surface area contributed by atoms with Gasteiger partial charge in [0.15, 0.2) is 5.75 Å². The molecule has 0 radical (unpaired) electrons. The zero-order chi connectivity index (χ0) is 7.56. The van der Waals surface area contributed by atoms with Crippen LogP contribution in [0.5, 0.6) is 5.75 Å². The fourth-order valence-corrected chi connectivity index (χ4v) is 0.665. The molecule has 0 unspecified atom stereocenters. The van der Waals surface area contributed by atoms with E-state index < -0.39 is 5.95 Å². The van der Waals surface area contributed by atoms with Crippen molar-refractivity contribution in [2.24, 2.45) is 0 Å². The topological polar surface area (TPSA) is 22.1 Å². The molecule has 0 spiro atoms. The van der Waals surface area contributed by atoms with Crippen molar-refractivity contribution in [2.45, 2.75) is 6.92 Å². The molecule has 0 saturated carbocycles. The van der Waals surface area contributed by atoms with Gasteiger partial charge in [-0.15, -0.1) is 0 Å². The van der Waals surface area contributed by atoms with Crippen LogP contribution in [-0.2, 0) is 0 Å². The fourth-order valence-electron chi connectivity index (χ4n) is 0.665. The third kappa shape index (κ3) is 1.23. The summed E-state index contributed by atoms with van der Waals surface area (Å²) in [6.45, 7) is 1.72. The van der Waals surface area contributed by atoms with Gasteiger partial charge in [0.05, 0.1) is 7.11 Å². The van der Waals surface area contributed by atoms with Gasteiger partial charge in [-0.1, -0.05) is 0 Å². The third-order valence-corrected chi connectivity index (χ3v) is 1.17. The second-order valence-corrected chi connectivity index (χ2v) is 1.95. The Morgan fingerprint density at radius 1 is 1.50 bits per heavy atom. The fraction of sp³-hybridized carbons (Fsp3) is 0.286. The Morgan fingerprint density at radius 2 is 2.20 bits per heavy atom. The predicted molar refractivity (Wildman–Crippen MR) is 35.5 cm³/mol. The summed E-state index contributed by atoms with van der Waals surface area (Å²) in [6, 6.07) is 3.25. The first kappa shape index (κ1) is 6.99. The second-order valence-electron chi connectivity index (χ2n) is 1.95. The number of hydrogen-bond donors (Lipinski definition) is 0. The van der Waals surface area contributed by atoms with Crippen LogP contribution < -0.4 is 4.74 Å². The van der Waals surface area contributed by atoms with Crippen LogP contribution >= 0.6 is 0 Å². The van der Waals surface area contributed by atoms with Gasteiger partial charge in [-0.25, -0.2) is 4.98 Å². The Hall–Kier alpha value is -1.12. The number of ether oxygens (including phenoxy) is 1. The van der Waals surface area contributed by atoms with Crippen molar-refractivity contribution >= 4 is 0 Å². The minimum atomic E-state index is -0.553. The summed E-state index contributed by atoms with van der Waals surface area (Å²) in [4.78, 5) is 3.55. The maximum absolute atomic E-state index is 12.6. The summed E-state index contributed by atoms with van der Waals surface area (Å²) >= 11 is 0. The van der Waals surface area contributed by atoms with Crippen molar-refractivity contribution in [3.8, 4) is 5.75 Å². The highest BCUT2D eigenvalue weighted by Crippen LogP contribution is 2.13. The second kappa shape index (κ2) is 2.64. The Bertz CT molecular complexity index is 237. The summed E-state index contributed by atoms with van der Waals surface area (Å²) in [7, 11) is 1.41. The molecule has 3 heteroatoms. The van der Waals surface area contributed by atoms with Crippen LogP contribution in [0.3, 0.4) is 0 Å². The lowest BCUT2D eigenvalue weighted by Crippen LogP contribution is -1.92. The molecular formula is C7H8FNO. The van der Waals surface area contributed by atoms with Gasteiger partial charge in [-0.2, -0.15) is 4.39 Å². The van der Waals surface area contributed by atoms with Crippen molar-refractivity contribution in [3.05, 3.63) is 23.8 Å². The maximum Gasteiger partial charge on any atom is 0.255 e. The highest BCUT2D eigenvalue weighted by molar-refractivity contribution is 5.20. The molecule has 54 valence electrons.